The molecule has 0 bridgehead atoms. The Morgan fingerprint density at radius 1 is 0.750 bits per heavy atom. The number of fused-ring (bicyclic) bond motifs is 3. The van der Waals surface area contributed by atoms with Crippen molar-refractivity contribution in [2.75, 3.05) is 0 Å². The third-order valence-corrected chi connectivity index (χ3v) is 6.59. The summed E-state index contributed by atoms with van der Waals surface area (Å²) >= 11 is 3.73. The maximum absolute atomic E-state index is 3.85. The lowest BCUT2D eigenvalue weighted by Crippen LogP contribution is -2.27. The Labute approximate surface area is 177 Å². The van der Waals surface area contributed by atoms with Crippen LogP contribution in [0.4, 0.5) is 0 Å². The lowest BCUT2D eigenvalue weighted by atomic mass is 9.69. The summed E-state index contributed by atoms with van der Waals surface area (Å²) in [5.74, 6) is 0. The Balaban J connectivity index is 1.79. The van der Waals surface area contributed by atoms with Crippen LogP contribution in [0.1, 0.15) is 55.2 Å². The van der Waals surface area contributed by atoms with Gasteiger partial charge in [-0.1, -0.05) is 102 Å². The van der Waals surface area contributed by atoms with Gasteiger partial charge in [-0.15, -0.1) is 6.58 Å². The Kier molecular flexibility index (Phi) is 5.82. The van der Waals surface area contributed by atoms with E-state index in [4.69, 9.17) is 0 Å². The molecule has 1 aliphatic rings. The minimum absolute atomic E-state index is 0.0601. The summed E-state index contributed by atoms with van der Waals surface area (Å²) in [6.45, 7) is 3.85. The van der Waals surface area contributed by atoms with E-state index in [1.165, 1.54) is 53.5 Å². The lowest BCUT2D eigenvalue weighted by Gasteiger charge is -2.33. The molecular weight excluding hydrogens is 404 g/mol. The maximum atomic E-state index is 3.85. The smallest absolute Gasteiger partial charge is 0.0464 e. The molecule has 4 rings (SSSR count). The highest BCUT2D eigenvalue weighted by Gasteiger charge is 2.43. The van der Waals surface area contributed by atoms with Crippen molar-refractivity contribution < 1.29 is 0 Å². The Hall–Kier alpha value is -2.12. The molecule has 0 spiro atoms. The summed E-state index contributed by atoms with van der Waals surface area (Å²) in [6.07, 6.45) is 9.34. The normalized spacial score (nSPS) is 17.2. The van der Waals surface area contributed by atoms with Crippen LogP contribution in [0.5, 0.6) is 0 Å². The fraction of sp³-hybridized carbons (Fsp3) is 0.259. The van der Waals surface area contributed by atoms with Crippen LogP contribution < -0.4 is 0 Å². The molecule has 1 heteroatoms. The van der Waals surface area contributed by atoms with E-state index in [9.17, 15) is 0 Å². The van der Waals surface area contributed by atoms with Gasteiger partial charge in [-0.25, -0.2) is 0 Å². The molecule has 142 valence electrons. The number of unbranched alkanes of at least 4 members (excludes halogenated alkanes) is 4. The van der Waals surface area contributed by atoms with E-state index < -0.39 is 0 Å². The molecule has 0 fully saturated rings. The number of hydrogen-bond donors (Lipinski definition) is 0. The van der Waals surface area contributed by atoms with Crippen LogP contribution >= 0.6 is 15.9 Å². The second-order valence-electron chi connectivity index (χ2n) is 7.75. The molecule has 0 heterocycles. The van der Waals surface area contributed by atoms with Gasteiger partial charge in [-0.3, -0.25) is 0 Å². The quantitative estimate of drug-likeness (QED) is 0.249. The molecule has 0 saturated carbocycles. The van der Waals surface area contributed by atoms with E-state index in [1.807, 2.05) is 6.08 Å². The van der Waals surface area contributed by atoms with Crippen LogP contribution in [-0.4, -0.2) is 0 Å². The highest BCUT2D eigenvalue weighted by molar-refractivity contribution is 9.10. The standard InChI is InChI=1S/C27H27Br/c1-2-3-4-5-6-12-19-27(21-13-8-7-9-14-21)25-16-11-10-15-23(25)24-18-17-22(28)20-26(24)27/h2,7-11,13-18,20H,1,3-6,12,19H2. The predicted octanol–water partition coefficient (Wildman–Crippen LogP) is 8.29. The second-order valence-corrected chi connectivity index (χ2v) is 8.66. The molecule has 1 aliphatic carbocycles. The van der Waals surface area contributed by atoms with E-state index in [2.05, 4.69) is 95.3 Å². The van der Waals surface area contributed by atoms with Gasteiger partial charge in [0.25, 0.3) is 0 Å². The molecule has 3 aromatic rings. The molecule has 0 amide bonds. The fourth-order valence-electron chi connectivity index (χ4n) is 4.82. The zero-order valence-electron chi connectivity index (χ0n) is 16.3. The van der Waals surface area contributed by atoms with Gasteiger partial charge >= 0.3 is 0 Å². The molecule has 1 atom stereocenters. The number of allylic oxidation sites excluding steroid dienone is 1. The van der Waals surface area contributed by atoms with Crippen molar-refractivity contribution in [3.8, 4) is 11.1 Å². The zero-order valence-corrected chi connectivity index (χ0v) is 17.9. The maximum Gasteiger partial charge on any atom is 0.0464 e. The monoisotopic (exact) mass is 430 g/mol. The average Bonchev–Trinajstić information content (AvgIpc) is 3.01. The fourth-order valence-corrected chi connectivity index (χ4v) is 5.18. The molecule has 0 aromatic heterocycles. The van der Waals surface area contributed by atoms with Crippen LogP contribution in [0.3, 0.4) is 0 Å². The van der Waals surface area contributed by atoms with Crippen LogP contribution in [0.15, 0.2) is 89.9 Å². The summed E-state index contributed by atoms with van der Waals surface area (Å²) in [5, 5.41) is 0. The van der Waals surface area contributed by atoms with E-state index in [0.29, 0.717) is 0 Å². The topological polar surface area (TPSA) is 0 Å². The molecule has 28 heavy (non-hydrogen) atoms. The molecule has 0 nitrogen and oxygen atoms in total. The summed E-state index contributed by atoms with van der Waals surface area (Å²) in [5.41, 5.74) is 7.02. The zero-order chi connectivity index (χ0) is 19.4. The first-order valence-corrected chi connectivity index (χ1v) is 11.1. The second kappa shape index (κ2) is 8.49. The molecule has 0 radical (unpaired) electrons. The summed E-state index contributed by atoms with van der Waals surface area (Å²) in [6, 6.07) is 26.9. The first kappa shape index (κ1) is 19.2. The molecule has 3 aromatic carbocycles. The van der Waals surface area contributed by atoms with E-state index in [-0.39, 0.29) is 5.41 Å². The van der Waals surface area contributed by atoms with Crippen LogP contribution in [-0.2, 0) is 5.41 Å². The summed E-state index contributed by atoms with van der Waals surface area (Å²) < 4.78 is 1.16. The highest BCUT2D eigenvalue weighted by atomic mass is 79.9. The van der Waals surface area contributed by atoms with Gasteiger partial charge in [0.15, 0.2) is 0 Å². The number of halogens is 1. The van der Waals surface area contributed by atoms with Gasteiger partial charge in [-0.2, -0.15) is 0 Å². The van der Waals surface area contributed by atoms with E-state index in [1.54, 1.807) is 0 Å². The number of rotatable bonds is 8. The molecule has 0 aliphatic heterocycles. The van der Waals surface area contributed by atoms with Gasteiger partial charge in [-0.05, 0) is 59.2 Å². The van der Waals surface area contributed by atoms with Gasteiger partial charge in [0.05, 0.1) is 0 Å². The van der Waals surface area contributed by atoms with Gasteiger partial charge < -0.3 is 0 Å². The van der Waals surface area contributed by atoms with E-state index in [0.717, 1.165) is 17.3 Å². The van der Waals surface area contributed by atoms with Gasteiger partial charge in [0, 0.05) is 9.89 Å². The summed E-state index contributed by atoms with van der Waals surface area (Å²) in [4.78, 5) is 0. The Bertz CT molecular complexity index is 957. The number of hydrogen-bond acceptors (Lipinski definition) is 0. The van der Waals surface area contributed by atoms with Gasteiger partial charge in [0.1, 0.15) is 0 Å². The van der Waals surface area contributed by atoms with Crippen molar-refractivity contribution in [3.05, 3.63) is 107 Å². The largest absolute Gasteiger partial charge is 0.103 e. The molecule has 0 saturated heterocycles. The minimum Gasteiger partial charge on any atom is -0.103 e. The molecular formula is C27H27Br. The van der Waals surface area contributed by atoms with Crippen molar-refractivity contribution in [1.29, 1.82) is 0 Å². The Morgan fingerprint density at radius 2 is 1.46 bits per heavy atom. The SMILES string of the molecule is C=CCCCCCCC1(c2ccccc2)c2ccccc2-c2ccc(Br)cc21. The van der Waals surface area contributed by atoms with Crippen molar-refractivity contribution in [1.82, 2.24) is 0 Å². The number of benzene rings is 3. The van der Waals surface area contributed by atoms with Crippen LogP contribution in [0.2, 0.25) is 0 Å². The van der Waals surface area contributed by atoms with Crippen molar-refractivity contribution in [2.45, 2.75) is 43.9 Å². The molecule has 0 N–H and O–H groups in total. The Morgan fingerprint density at radius 3 is 2.29 bits per heavy atom. The summed E-state index contributed by atoms with van der Waals surface area (Å²) in [7, 11) is 0. The lowest BCUT2D eigenvalue weighted by molar-refractivity contribution is 0.512. The highest BCUT2D eigenvalue weighted by Crippen LogP contribution is 2.55. The third-order valence-electron chi connectivity index (χ3n) is 6.10. The van der Waals surface area contributed by atoms with Crippen LogP contribution in [0.25, 0.3) is 11.1 Å². The van der Waals surface area contributed by atoms with E-state index >= 15 is 0 Å². The van der Waals surface area contributed by atoms with Crippen molar-refractivity contribution in [3.63, 3.8) is 0 Å². The van der Waals surface area contributed by atoms with Gasteiger partial charge in [0.2, 0.25) is 0 Å². The first-order chi connectivity index (χ1) is 13.8. The first-order valence-electron chi connectivity index (χ1n) is 10.3. The van der Waals surface area contributed by atoms with Crippen molar-refractivity contribution >= 4 is 15.9 Å². The minimum atomic E-state index is -0.0601. The molecule has 1 unspecified atom stereocenters. The predicted molar refractivity (Wildman–Crippen MR) is 124 cm³/mol. The van der Waals surface area contributed by atoms with Crippen LogP contribution in [0, 0.1) is 0 Å². The van der Waals surface area contributed by atoms with Crippen molar-refractivity contribution in [2.24, 2.45) is 0 Å². The third kappa shape index (κ3) is 3.37. The average molecular weight is 431 g/mol.